The van der Waals surface area contributed by atoms with E-state index in [2.05, 4.69) is 0 Å². The molecule has 0 aliphatic rings. The maximum atomic E-state index is 13.1. The molecule has 0 aromatic heterocycles. The van der Waals surface area contributed by atoms with E-state index in [-0.39, 0.29) is 24.3 Å². The van der Waals surface area contributed by atoms with Crippen LogP contribution in [0, 0.1) is 10.1 Å². The molecule has 0 heterocycles. The van der Waals surface area contributed by atoms with Crippen molar-refractivity contribution in [2.45, 2.75) is 25.9 Å². The number of methoxy groups -OCH3 is 1. The van der Waals surface area contributed by atoms with Gasteiger partial charge in [0.05, 0.1) is 24.0 Å². The standard InChI is InChI=1S/C20H25N3O6S/c1-5-19(20(24)21(2)14-15-9-11-18(29-3)12-10-15)22(30(4,27)28)16-7-6-8-17(13-16)23(25)26/h6-13,19H,5,14H2,1-4H3/t19-/m1/s1. The van der Waals surface area contributed by atoms with Crippen LogP contribution in [0.25, 0.3) is 0 Å². The molecule has 30 heavy (non-hydrogen) atoms. The Kier molecular flexibility index (Phi) is 7.38. The molecular formula is C20H25N3O6S. The molecular weight excluding hydrogens is 410 g/mol. The number of ether oxygens (including phenoxy) is 1. The number of non-ortho nitro benzene ring substituents is 1. The van der Waals surface area contributed by atoms with Crippen molar-refractivity contribution in [1.29, 1.82) is 0 Å². The van der Waals surface area contributed by atoms with Crippen molar-refractivity contribution in [3.63, 3.8) is 0 Å². The van der Waals surface area contributed by atoms with E-state index in [0.29, 0.717) is 5.75 Å². The number of anilines is 1. The van der Waals surface area contributed by atoms with Gasteiger partial charge in [-0.3, -0.25) is 19.2 Å². The predicted molar refractivity (Wildman–Crippen MR) is 114 cm³/mol. The normalized spacial score (nSPS) is 12.1. The first-order chi connectivity index (χ1) is 14.1. The fourth-order valence-corrected chi connectivity index (χ4v) is 4.32. The number of hydrogen-bond acceptors (Lipinski definition) is 6. The minimum absolute atomic E-state index is 0.0738. The van der Waals surface area contributed by atoms with E-state index in [4.69, 9.17) is 4.74 Å². The predicted octanol–water partition coefficient (Wildman–Crippen LogP) is 2.81. The Hall–Kier alpha value is -3.14. The molecule has 1 atom stereocenters. The lowest BCUT2D eigenvalue weighted by molar-refractivity contribution is -0.384. The lowest BCUT2D eigenvalue weighted by atomic mass is 10.1. The summed E-state index contributed by atoms with van der Waals surface area (Å²) in [6.45, 7) is 1.96. The topological polar surface area (TPSA) is 110 Å². The number of amides is 1. The largest absolute Gasteiger partial charge is 0.497 e. The maximum absolute atomic E-state index is 13.1. The van der Waals surface area contributed by atoms with Crippen LogP contribution >= 0.6 is 0 Å². The second-order valence-corrected chi connectivity index (χ2v) is 8.66. The van der Waals surface area contributed by atoms with Crippen molar-refractivity contribution in [2.75, 3.05) is 24.7 Å². The van der Waals surface area contributed by atoms with Crippen molar-refractivity contribution < 1.29 is 22.9 Å². The lowest BCUT2D eigenvalue weighted by Crippen LogP contribution is -2.49. The van der Waals surface area contributed by atoms with Crippen LogP contribution in [0.4, 0.5) is 11.4 Å². The first-order valence-corrected chi connectivity index (χ1v) is 11.0. The van der Waals surface area contributed by atoms with Gasteiger partial charge in [0.25, 0.3) is 5.69 Å². The molecule has 0 aliphatic carbocycles. The molecule has 0 saturated carbocycles. The van der Waals surface area contributed by atoms with E-state index < -0.39 is 26.9 Å². The van der Waals surface area contributed by atoms with Crippen molar-refractivity contribution in [2.24, 2.45) is 0 Å². The zero-order valence-electron chi connectivity index (χ0n) is 17.3. The van der Waals surface area contributed by atoms with Crippen LogP contribution in [0.1, 0.15) is 18.9 Å². The average molecular weight is 436 g/mol. The third-order valence-corrected chi connectivity index (χ3v) is 5.74. The zero-order valence-corrected chi connectivity index (χ0v) is 18.1. The Morgan fingerprint density at radius 1 is 1.20 bits per heavy atom. The van der Waals surface area contributed by atoms with Crippen LogP contribution in [0.5, 0.6) is 5.75 Å². The fourth-order valence-electron chi connectivity index (χ4n) is 3.12. The van der Waals surface area contributed by atoms with Gasteiger partial charge in [0, 0.05) is 25.7 Å². The van der Waals surface area contributed by atoms with Crippen LogP contribution in [-0.2, 0) is 21.4 Å². The van der Waals surface area contributed by atoms with Crippen molar-refractivity contribution in [3.05, 3.63) is 64.2 Å². The Labute approximate surface area is 176 Å². The molecule has 0 saturated heterocycles. The van der Waals surface area contributed by atoms with E-state index in [0.717, 1.165) is 22.2 Å². The van der Waals surface area contributed by atoms with E-state index in [1.165, 1.54) is 23.1 Å². The molecule has 0 radical (unpaired) electrons. The molecule has 0 bridgehead atoms. The zero-order chi connectivity index (χ0) is 22.5. The van der Waals surface area contributed by atoms with Gasteiger partial charge in [0.2, 0.25) is 15.9 Å². The smallest absolute Gasteiger partial charge is 0.271 e. The van der Waals surface area contributed by atoms with E-state index in [1.54, 1.807) is 33.2 Å². The van der Waals surface area contributed by atoms with Crippen molar-refractivity contribution in [1.82, 2.24) is 4.90 Å². The number of sulfonamides is 1. The number of hydrogen-bond donors (Lipinski definition) is 0. The van der Waals surface area contributed by atoms with Gasteiger partial charge in [0.15, 0.2) is 0 Å². The molecule has 9 nitrogen and oxygen atoms in total. The summed E-state index contributed by atoms with van der Waals surface area (Å²) in [6.07, 6.45) is 1.17. The highest BCUT2D eigenvalue weighted by Crippen LogP contribution is 2.27. The summed E-state index contributed by atoms with van der Waals surface area (Å²) in [5.41, 5.74) is 0.669. The number of benzene rings is 2. The maximum Gasteiger partial charge on any atom is 0.271 e. The minimum Gasteiger partial charge on any atom is -0.497 e. The molecule has 1 amide bonds. The molecule has 2 aromatic rings. The van der Waals surface area contributed by atoms with E-state index in [9.17, 15) is 23.3 Å². The molecule has 0 aliphatic heterocycles. The lowest BCUT2D eigenvalue weighted by Gasteiger charge is -2.32. The Balaban J connectivity index is 2.34. The summed E-state index contributed by atoms with van der Waals surface area (Å²) in [5, 5.41) is 11.1. The van der Waals surface area contributed by atoms with Crippen LogP contribution in [0.15, 0.2) is 48.5 Å². The number of likely N-dealkylation sites (N-methyl/N-ethyl adjacent to an activating group) is 1. The first kappa shape index (κ1) is 23.1. The van der Waals surface area contributed by atoms with Gasteiger partial charge in [-0.15, -0.1) is 0 Å². The van der Waals surface area contributed by atoms with Crippen molar-refractivity contribution >= 4 is 27.3 Å². The Bertz CT molecular complexity index is 1010. The van der Waals surface area contributed by atoms with Gasteiger partial charge >= 0.3 is 0 Å². The fraction of sp³-hybridized carbons (Fsp3) is 0.350. The van der Waals surface area contributed by atoms with Crippen LogP contribution in [0.3, 0.4) is 0 Å². The molecule has 162 valence electrons. The van der Waals surface area contributed by atoms with Gasteiger partial charge in [0.1, 0.15) is 11.8 Å². The summed E-state index contributed by atoms with van der Waals surface area (Å²) < 4.78 is 31.2. The number of carbonyl (C=O) groups is 1. The van der Waals surface area contributed by atoms with Crippen LogP contribution in [0.2, 0.25) is 0 Å². The van der Waals surface area contributed by atoms with Gasteiger partial charge < -0.3 is 9.64 Å². The Morgan fingerprint density at radius 3 is 2.33 bits per heavy atom. The summed E-state index contributed by atoms with van der Waals surface area (Å²) in [4.78, 5) is 25.1. The quantitative estimate of drug-likeness (QED) is 0.442. The number of nitro benzene ring substituents is 1. The van der Waals surface area contributed by atoms with Crippen LogP contribution in [-0.4, -0.2) is 50.6 Å². The van der Waals surface area contributed by atoms with Gasteiger partial charge in [-0.2, -0.15) is 0 Å². The number of nitro groups is 1. The van der Waals surface area contributed by atoms with Crippen LogP contribution < -0.4 is 9.04 Å². The second kappa shape index (κ2) is 9.57. The number of carbonyl (C=O) groups excluding carboxylic acids is 1. The summed E-state index contributed by atoms with van der Waals surface area (Å²) in [6, 6.07) is 11.4. The summed E-state index contributed by atoms with van der Waals surface area (Å²) >= 11 is 0. The highest BCUT2D eigenvalue weighted by Gasteiger charge is 2.34. The first-order valence-electron chi connectivity index (χ1n) is 9.20. The summed E-state index contributed by atoms with van der Waals surface area (Å²) in [7, 11) is -0.739. The molecule has 2 aromatic carbocycles. The third-order valence-electron chi connectivity index (χ3n) is 4.56. The monoisotopic (exact) mass is 435 g/mol. The molecule has 10 heteroatoms. The number of nitrogens with zero attached hydrogens (tertiary/aromatic N) is 3. The van der Waals surface area contributed by atoms with E-state index in [1.807, 2.05) is 12.1 Å². The summed E-state index contributed by atoms with van der Waals surface area (Å²) in [5.74, 6) is 0.276. The van der Waals surface area contributed by atoms with E-state index >= 15 is 0 Å². The molecule has 0 fully saturated rings. The second-order valence-electron chi connectivity index (χ2n) is 6.80. The van der Waals surface area contributed by atoms with Gasteiger partial charge in [-0.1, -0.05) is 25.1 Å². The minimum atomic E-state index is -3.89. The van der Waals surface area contributed by atoms with Gasteiger partial charge in [-0.25, -0.2) is 8.42 Å². The molecule has 0 N–H and O–H groups in total. The van der Waals surface area contributed by atoms with Crippen molar-refractivity contribution in [3.8, 4) is 5.75 Å². The SMILES string of the molecule is CC[C@H](C(=O)N(C)Cc1ccc(OC)cc1)N(c1cccc([N+](=O)[O-])c1)S(C)(=O)=O. The highest BCUT2D eigenvalue weighted by molar-refractivity contribution is 7.92. The molecule has 0 spiro atoms. The molecule has 2 rings (SSSR count). The number of rotatable bonds is 9. The highest BCUT2D eigenvalue weighted by atomic mass is 32.2. The third kappa shape index (κ3) is 5.47. The average Bonchev–Trinajstić information content (AvgIpc) is 2.71. The molecule has 0 unspecified atom stereocenters. The van der Waals surface area contributed by atoms with Gasteiger partial charge in [-0.05, 0) is 30.2 Å². The Morgan fingerprint density at radius 2 is 1.83 bits per heavy atom.